The van der Waals surface area contributed by atoms with Crippen LogP contribution in [0.1, 0.15) is 51.0 Å². The van der Waals surface area contributed by atoms with Gasteiger partial charge in [0.2, 0.25) is 0 Å². The molecule has 0 spiro atoms. The van der Waals surface area contributed by atoms with E-state index in [1.807, 2.05) is 75.1 Å². The van der Waals surface area contributed by atoms with E-state index in [1.165, 1.54) is 0 Å². The number of carbonyl (C=O) groups excluding carboxylic acids is 1. The molecule has 0 bridgehead atoms. The molecule has 7 rings (SSSR count). The van der Waals surface area contributed by atoms with E-state index in [2.05, 4.69) is 35.4 Å². The van der Waals surface area contributed by atoms with Crippen LogP contribution in [0.5, 0.6) is 0 Å². The molecule has 3 aromatic carbocycles. The molecule has 1 aliphatic heterocycles. The van der Waals surface area contributed by atoms with Crippen molar-refractivity contribution in [3.8, 4) is 33.0 Å². The van der Waals surface area contributed by atoms with Gasteiger partial charge in [0.15, 0.2) is 5.78 Å². The van der Waals surface area contributed by atoms with Crippen molar-refractivity contribution in [3.63, 3.8) is 0 Å². The summed E-state index contributed by atoms with van der Waals surface area (Å²) in [6.07, 6.45) is 3.01. The number of ether oxygens (including phenoxy) is 2. The molecule has 228 valence electrons. The first kappa shape index (κ1) is 29.7. The molecule has 0 amide bonds. The third kappa shape index (κ3) is 5.68. The zero-order chi connectivity index (χ0) is 31.5. The molecule has 0 saturated carbocycles. The fourth-order valence-electron chi connectivity index (χ4n) is 5.86. The smallest absolute Gasteiger partial charge is 0.163 e. The lowest BCUT2D eigenvalue weighted by molar-refractivity contribution is -0.138. The number of hydrogen-bond donors (Lipinski definition) is 0. The van der Waals surface area contributed by atoms with E-state index in [0.717, 1.165) is 65.2 Å². The topological polar surface area (TPSA) is 79.1 Å². The molecule has 0 N–H and O–H groups in total. The van der Waals surface area contributed by atoms with Gasteiger partial charge in [-0.25, -0.2) is 4.98 Å². The molecule has 7 nitrogen and oxygen atoms in total. The second-order valence-electron chi connectivity index (χ2n) is 12.6. The van der Waals surface area contributed by atoms with Gasteiger partial charge in [-0.2, -0.15) is 5.10 Å². The number of rotatable bonds is 7. The number of aryl methyl sites for hydroxylation is 1. The van der Waals surface area contributed by atoms with Gasteiger partial charge < -0.3 is 9.47 Å². The highest BCUT2D eigenvalue weighted by Crippen LogP contribution is 2.44. The number of carbonyl (C=O) groups is 1. The van der Waals surface area contributed by atoms with Crippen LogP contribution < -0.4 is 0 Å². The summed E-state index contributed by atoms with van der Waals surface area (Å²) in [5.74, 6) is -0.0466. The van der Waals surface area contributed by atoms with E-state index in [4.69, 9.17) is 31.0 Å². The number of aromatic nitrogens is 4. The summed E-state index contributed by atoms with van der Waals surface area (Å²) >= 11 is 7.89. The molecule has 3 aromatic heterocycles. The minimum atomic E-state index is -0.728. The first-order valence-corrected chi connectivity index (χ1v) is 16.2. The van der Waals surface area contributed by atoms with Crippen molar-refractivity contribution in [2.24, 2.45) is 0 Å². The van der Waals surface area contributed by atoms with Crippen LogP contribution in [0.25, 0.3) is 54.1 Å². The van der Waals surface area contributed by atoms with Gasteiger partial charge in [0.05, 0.1) is 52.5 Å². The minimum absolute atomic E-state index is 0.0466. The monoisotopic (exact) mass is 636 g/mol. The lowest BCUT2D eigenvalue weighted by atomic mass is 9.90. The number of Topliss-reactive ketones (excluding diaryl/α,β-unsaturated/α-hetero) is 1. The van der Waals surface area contributed by atoms with Crippen molar-refractivity contribution < 1.29 is 14.3 Å². The zero-order valence-corrected chi connectivity index (χ0v) is 27.4. The Morgan fingerprint density at radius 1 is 1.04 bits per heavy atom. The van der Waals surface area contributed by atoms with Crippen molar-refractivity contribution >= 4 is 49.8 Å². The first-order chi connectivity index (χ1) is 21.6. The van der Waals surface area contributed by atoms with Crippen LogP contribution in [0.4, 0.5) is 0 Å². The molecule has 6 aromatic rings. The highest BCUT2D eigenvalue weighted by Gasteiger charge is 2.30. The molecular weight excluding hydrogens is 604 g/mol. The number of fused-ring (bicyclic) bond motifs is 2. The van der Waals surface area contributed by atoms with Crippen LogP contribution in [0.2, 0.25) is 5.02 Å². The van der Waals surface area contributed by atoms with Crippen molar-refractivity contribution in [3.05, 3.63) is 89.2 Å². The number of ketones is 1. The quantitative estimate of drug-likeness (QED) is 0.174. The van der Waals surface area contributed by atoms with Crippen LogP contribution in [0.3, 0.4) is 0 Å². The summed E-state index contributed by atoms with van der Waals surface area (Å²) in [7, 11) is 0. The van der Waals surface area contributed by atoms with Gasteiger partial charge in [-0.1, -0.05) is 29.8 Å². The van der Waals surface area contributed by atoms with E-state index in [-0.39, 0.29) is 5.78 Å². The summed E-state index contributed by atoms with van der Waals surface area (Å²) in [4.78, 5) is 22.9. The Morgan fingerprint density at radius 3 is 2.49 bits per heavy atom. The fourth-order valence-corrected chi connectivity index (χ4v) is 7.11. The lowest BCUT2D eigenvalue weighted by Gasteiger charge is -2.29. The Balaban J connectivity index is 1.34. The van der Waals surface area contributed by atoms with Crippen LogP contribution >= 0.6 is 22.9 Å². The van der Waals surface area contributed by atoms with Gasteiger partial charge in [-0.05, 0) is 88.2 Å². The number of hydrogen-bond acceptors (Lipinski definition) is 7. The summed E-state index contributed by atoms with van der Waals surface area (Å²) < 4.78 is 14.8. The van der Waals surface area contributed by atoms with E-state index in [1.54, 1.807) is 18.3 Å². The average molecular weight is 637 g/mol. The summed E-state index contributed by atoms with van der Waals surface area (Å²) in [5.41, 5.74) is 8.00. The van der Waals surface area contributed by atoms with Crippen LogP contribution in [-0.4, -0.2) is 44.3 Å². The molecule has 0 unspecified atom stereocenters. The van der Waals surface area contributed by atoms with Crippen molar-refractivity contribution in [2.45, 2.75) is 52.4 Å². The van der Waals surface area contributed by atoms with Crippen molar-refractivity contribution in [2.75, 3.05) is 13.2 Å². The van der Waals surface area contributed by atoms with E-state index < -0.39 is 11.7 Å². The SMILES string of the molecule is CC(=O)[C@@H](OC(C)(C)C)c1c(C)cc2nc(-c3ccnc(-c4ccc5c(cnn5C5COC5)c4)c3)sc2c1-c1ccc(Cl)cc1. The first-order valence-electron chi connectivity index (χ1n) is 15.0. The number of pyridine rings is 1. The van der Waals surface area contributed by atoms with Crippen LogP contribution in [0, 0.1) is 6.92 Å². The Labute approximate surface area is 270 Å². The Morgan fingerprint density at radius 2 is 1.80 bits per heavy atom. The second-order valence-corrected chi connectivity index (χ2v) is 14.0. The van der Waals surface area contributed by atoms with E-state index >= 15 is 0 Å². The standard InChI is InChI=1S/C36H33ClN4O3S/c1-20-14-29-34(32(22-6-9-26(37)10-7-22)31(20)33(21(2)42)44-36(3,4)5)45-35(40-29)24-12-13-38-28(16-24)23-8-11-30-25(15-23)17-39-41(30)27-18-43-19-27/h6-17,27,33H,18-19H2,1-5H3/t33-/m1/s1. The molecule has 9 heteroatoms. The molecule has 45 heavy (non-hydrogen) atoms. The van der Waals surface area contributed by atoms with Gasteiger partial charge >= 0.3 is 0 Å². The maximum absolute atomic E-state index is 13.1. The maximum atomic E-state index is 13.1. The summed E-state index contributed by atoms with van der Waals surface area (Å²) in [5, 5.41) is 7.20. The van der Waals surface area contributed by atoms with Gasteiger partial charge in [-0.15, -0.1) is 11.3 Å². The summed E-state index contributed by atoms with van der Waals surface area (Å²) in [6, 6.07) is 20.5. The third-order valence-electron chi connectivity index (χ3n) is 8.03. The second kappa shape index (κ2) is 11.4. The lowest BCUT2D eigenvalue weighted by Crippen LogP contribution is -2.31. The summed E-state index contributed by atoms with van der Waals surface area (Å²) in [6.45, 7) is 10.9. The van der Waals surface area contributed by atoms with Crippen molar-refractivity contribution in [1.29, 1.82) is 0 Å². The van der Waals surface area contributed by atoms with Crippen molar-refractivity contribution in [1.82, 2.24) is 19.7 Å². The van der Waals surface area contributed by atoms with Gasteiger partial charge in [0.25, 0.3) is 0 Å². The van der Waals surface area contributed by atoms with Crippen LogP contribution in [-0.2, 0) is 14.3 Å². The predicted molar refractivity (Wildman–Crippen MR) is 181 cm³/mol. The van der Waals surface area contributed by atoms with Gasteiger partial charge in [0, 0.05) is 38.9 Å². The average Bonchev–Trinajstić information content (AvgIpc) is 3.59. The molecule has 0 aliphatic carbocycles. The molecule has 1 aliphatic rings. The van der Waals surface area contributed by atoms with E-state index in [9.17, 15) is 4.79 Å². The molecule has 1 saturated heterocycles. The third-order valence-corrected chi connectivity index (χ3v) is 9.42. The number of halogens is 1. The number of nitrogens with zero attached hydrogens (tertiary/aromatic N) is 4. The number of thiazole rings is 1. The Hall–Kier alpha value is -3.95. The Kier molecular flexibility index (Phi) is 7.56. The molecular formula is C36H33ClN4O3S. The Bertz CT molecular complexity index is 2070. The zero-order valence-electron chi connectivity index (χ0n) is 25.8. The molecule has 1 fully saturated rings. The largest absolute Gasteiger partial charge is 0.377 e. The number of benzene rings is 3. The highest BCUT2D eigenvalue weighted by molar-refractivity contribution is 7.22. The fraction of sp³-hybridized carbons (Fsp3) is 0.278. The van der Waals surface area contributed by atoms with Crippen LogP contribution in [0.15, 0.2) is 73.1 Å². The van der Waals surface area contributed by atoms with Gasteiger partial charge in [-0.3, -0.25) is 14.5 Å². The molecule has 0 radical (unpaired) electrons. The molecule has 1 atom stereocenters. The normalized spacial score (nSPS) is 14.6. The molecule has 4 heterocycles. The predicted octanol–water partition coefficient (Wildman–Crippen LogP) is 9.02. The minimum Gasteiger partial charge on any atom is -0.377 e. The maximum Gasteiger partial charge on any atom is 0.163 e. The van der Waals surface area contributed by atoms with E-state index in [0.29, 0.717) is 24.3 Å². The highest BCUT2D eigenvalue weighted by atomic mass is 35.5. The van der Waals surface area contributed by atoms with Gasteiger partial charge in [0.1, 0.15) is 11.1 Å².